The maximum Gasteiger partial charge on any atom is 0.240 e. The number of nitrogens with zero attached hydrogens (tertiary/aromatic N) is 2. The second kappa shape index (κ2) is 9.04. The molecule has 0 aliphatic carbocycles. The van der Waals surface area contributed by atoms with Crippen LogP contribution in [0.5, 0.6) is 5.75 Å². The number of hydrogen-bond donors (Lipinski definition) is 2. The monoisotopic (exact) mass is 386 g/mol. The fourth-order valence-electron chi connectivity index (χ4n) is 2.27. The lowest BCUT2D eigenvalue weighted by Crippen LogP contribution is -2.28. The van der Waals surface area contributed by atoms with Crippen molar-refractivity contribution in [2.45, 2.75) is 18.6 Å². The van der Waals surface area contributed by atoms with Crippen LogP contribution in [0.1, 0.15) is 19.1 Å². The number of carbonyl (C=O) groups excluding carboxylic acids is 2. The highest BCUT2D eigenvalue weighted by molar-refractivity contribution is 8.15. The van der Waals surface area contributed by atoms with E-state index in [2.05, 4.69) is 20.8 Å². The quantitative estimate of drug-likeness (QED) is 0.562. The summed E-state index contributed by atoms with van der Waals surface area (Å²) in [7, 11) is 0. The summed E-state index contributed by atoms with van der Waals surface area (Å²) in [6.45, 7) is 2.48. The largest absolute Gasteiger partial charge is 0.494 e. The summed E-state index contributed by atoms with van der Waals surface area (Å²) in [5, 5.41) is 13.0. The first-order valence-electron chi connectivity index (χ1n) is 8.29. The molecule has 9 heteroatoms. The van der Waals surface area contributed by atoms with Crippen molar-refractivity contribution in [3.05, 3.63) is 48.4 Å². The van der Waals surface area contributed by atoms with Gasteiger partial charge in [-0.15, -0.1) is 5.10 Å². The van der Waals surface area contributed by atoms with Gasteiger partial charge >= 0.3 is 0 Å². The number of rotatable bonds is 7. The Morgan fingerprint density at radius 1 is 1.37 bits per heavy atom. The van der Waals surface area contributed by atoms with E-state index in [9.17, 15) is 9.59 Å². The van der Waals surface area contributed by atoms with Crippen molar-refractivity contribution in [2.24, 2.45) is 10.2 Å². The van der Waals surface area contributed by atoms with Gasteiger partial charge in [0.25, 0.3) is 0 Å². The van der Waals surface area contributed by atoms with Crippen molar-refractivity contribution in [1.82, 2.24) is 5.32 Å². The first-order valence-corrected chi connectivity index (χ1v) is 9.17. The number of anilines is 1. The van der Waals surface area contributed by atoms with Gasteiger partial charge in [0, 0.05) is 12.1 Å². The van der Waals surface area contributed by atoms with E-state index in [1.807, 2.05) is 6.92 Å². The summed E-state index contributed by atoms with van der Waals surface area (Å²) >= 11 is 1.17. The Balaban J connectivity index is 1.51. The summed E-state index contributed by atoms with van der Waals surface area (Å²) in [5.41, 5.74) is 0.642. The first-order chi connectivity index (χ1) is 13.1. The fourth-order valence-corrected chi connectivity index (χ4v) is 3.20. The Labute approximate surface area is 160 Å². The number of carbonyl (C=O) groups is 2. The number of nitrogens with one attached hydrogen (secondary N) is 2. The zero-order valence-corrected chi connectivity index (χ0v) is 15.4. The van der Waals surface area contributed by atoms with Crippen LogP contribution in [0.15, 0.2) is 57.3 Å². The molecular weight excluding hydrogens is 368 g/mol. The third-order valence-corrected chi connectivity index (χ3v) is 4.55. The predicted molar refractivity (Wildman–Crippen MR) is 104 cm³/mol. The summed E-state index contributed by atoms with van der Waals surface area (Å²) in [5.74, 6) is 0.762. The van der Waals surface area contributed by atoms with E-state index in [0.29, 0.717) is 23.2 Å². The van der Waals surface area contributed by atoms with Gasteiger partial charge in [-0.3, -0.25) is 9.59 Å². The van der Waals surface area contributed by atoms with E-state index in [0.717, 1.165) is 5.75 Å². The molecule has 0 unspecified atom stereocenters. The molecule has 1 aliphatic heterocycles. The van der Waals surface area contributed by atoms with Crippen molar-refractivity contribution in [1.29, 1.82) is 0 Å². The van der Waals surface area contributed by atoms with E-state index >= 15 is 0 Å². The number of ether oxygens (including phenoxy) is 1. The van der Waals surface area contributed by atoms with Gasteiger partial charge in [0.1, 0.15) is 16.8 Å². The van der Waals surface area contributed by atoms with Crippen LogP contribution in [0.25, 0.3) is 0 Å². The molecule has 0 radical (unpaired) electrons. The standard InChI is InChI=1S/C18H18N4O4S/c1-2-25-13-7-5-12(6-8-13)20-16(23)10-15-17(24)21-18(27-15)22-19-11-14-4-3-9-26-14/h3-9,11,15H,2,10H2,1H3,(H,20,23)(H,21,22,24)/b19-11-/t15-/m1/s1. The molecule has 8 nitrogen and oxygen atoms in total. The Morgan fingerprint density at radius 2 is 2.19 bits per heavy atom. The van der Waals surface area contributed by atoms with Crippen LogP contribution in [-0.4, -0.2) is 35.1 Å². The minimum atomic E-state index is -0.551. The van der Waals surface area contributed by atoms with Gasteiger partial charge in [0.05, 0.1) is 19.1 Å². The minimum Gasteiger partial charge on any atom is -0.494 e. The Hall–Kier alpha value is -3.07. The number of thioether (sulfide) groups is 1. The second-order valence-electron chi connectivity index (χ2n) is 5.47. The lowest BCUT2D eigenvalue weighted by molar-refractivity contribution is -0.122. The van der Waals surface area contributed by atoms with Crippen LogP contribution >= 0.6 is 11.8 Å². The number of amidine groups is 1. The number of amides is 2. The highest BCUT2D eigenvalue weighted by atomic mass is 32.2. The first kappa shape index (κ1) is 18.7. The van der Waals surface area contributed by atoms with Crippen molar-refractivity contribution in [2.75, 3.05) is 11.9 Å². The molecule has 1 atom stereocenters. The third-order valence-electron chi connectivity index (χ3n) is 3.47. The SMILES string of the molecule is CCOc1ccc(NC(=O)C[C@H]2S/C(=N/N=C\c3ccco3)NC2=O)cc1. The average molecular weight is 386 g/mol. The Kier molecular flexibility index (Phi) is 6.26. The van der Waals surface area contributed by atoms with Crippen molar-refractivity contribution in [3.8, 4) is 5.75 Å². The van der Waals surface area contributed by atoms with Crippen molar-refractivity contribution < 1.29 is 18.7 Å². The second-order valence-corrected chi connectivity index (χ2v) is 6.66. The summed E-state index contributed by atoms with van der Waals surface area (Å²) in [4.78, 5) is 24.2. The molecule has 140 valence electrons. The average Bonchev–Trinajstić information content (AvgIpc) is 3.27. The molecule has 1 aromatic heterocycles. The van der Waals surface area contributed by atoms with Gasteiger partial charge < -0.3 is 19.8 Å². The predicted octanol–water partition coefficient (Wildman–Crippen LogP) is 2.63. The van der Waals surface area contributed by atoms with E-state index in [1.165, 1.54) is 24.2 Å². The van der Waals surface area contributed by atoms with E-state index in [1.54, 1.807) is 36.4 Å². The number of furan rings is 1. The summed E-state index contributed by atoms with van der Waals surface area (Å²) in [6.07, 6.45) is 3.00. The summed E-state index contributed by atoms with van der Waals surface area (Å²) in [6, 6.07) is 10.5. The normalized spacial score (nSPS) is 18.0. The van der Waals surface area contributed by atoms with Crippen LogP contribution in [-0.2, 0) is 9.59 Å². The molecule has 2 heterocycles. The minimum absolute atomic E-state index is 0.0324. The Morgan fingerprint density at radius 3 is 2.89 bits per heavy atom. The topological polar surface area (TPSA) is 105 Å². The van der Waals surface area contributed by atoms with Crippen LogP contribution in [0.3, 0.4) is 0 Å². The molecule has 1 saturated heterocycles. The van der Waals surface area contributed by atoms with Crippen LogP contribution in [0.2, 0.25) is 0 Å². The fraction of sp³-hybridized carbons (Fsp3) is 0.222. The molecular formula is C18H18N4O4S. The highest BCUT2D eigenvalue weighted by Gasteiger charge is 2.32. The summed E-state index contributed by atoms with van der Waals surface area (Å²) < 4.78 is 10.5. The number of hydrogen-bond acceptors (Lipinski definition) is 7. The molecule has 0 spiro atoms. The van der Waals surface area contributed by atoms with Gasteiger partial charge in [-0.1, -0.05) is 11.8 Å². The zero-order valence-electron chi connectivity index (χ0n) is 14.5. The van der Waals surface area contributed by atoms with Gasteiger partial charge in [-0.2, -0.15) is 5.10 Å². The third kappa shape index (κ3) is 5.45. The number of benzene rings is 1. The van der Waals surface area contributed by atoms with Gasteiger partial charge in [0.15, 0.2) is 5.17 Å². The zero-order chi connectivity index (χ0) is 19.1. The molecule has 2 amide bonds. The lowest BCUT2D eigenvalue weighted by atomic mass is 10.2. The van der Waals surface area contributed by atoms with Gasteiger partial charge in [0.2, 0.25) is 11.8 Å². The molecule has 1 aromatic carbocycles. The molecule has 0 bridgehead atoms. The maximum absolute atomic E-state index is 12.2. The van der Waals surface area contributed by atoms with E-state index < -0.39 is 5.25 Å². The van der Waals surface area contributed by atoms with Crippen molar-refractivity contribution >= 4 is 40.6 Å². The van der Waals surface area contributed by atoms with Gasteiger partial charge in [-0.05, 0) is 43.3 Å². The van der Waals surface area contributed by atoms with E-state index in [-0.39, 0.29) is 18.2 Å². The van der Waals surface area contributed by atoms with Crippen molar-refractivity contribution in [3.63, 3.8) is 0 Å². The molecule has 3 rings (SSSR count). The highest BCUT2D eigenvalue weighted by Crippen LogP contribution is 2.23. The smallest absolute Gasteiger partial charge is 0.240 e. The van der Waals surface area contributed by atoms with Gasteiger partial charge in [-0.25, -0.2) is 0 Å². The molecule has 0 saturated carbocycles. The van der Waals surface area contributed by atoms with Crippen LogP contribution in [0.4, 0.5) is 5.69 Å². The lowest BCUT2D eigenvalue weighted by Gasteiger charge is -2.08. The van der Waals surface area contributed by atoms with Crippen LogP contribution in [0, 0.1) is 0 Å². The molecule has 27 heavy (non-hydrogen) atoms. The molecule has 1 fully saturated rings. The van der Waals surface area contributed by atoms with E-state index in [4.69, 9.17) is 9.15 Å². The molecule has 1 aliphatic rings. The molecule has 2 N–H and O–H groups in total. The molecule has 2 aromatic rings. The maximum atomic E-state index is 12.2. The van der Waals surface area contributed by atoms with Crippen LogP contribution < -0.4 is 15.4 Å². The Bertz CT molecular complexity index is 847.